The molecule has 3 aromatic heterocycles. The van der Waals surface area contributed by atoms with Crippen LogP contribution in [-0.2, 0) is 11.2 Å². The number of pyridine rings is 2. The summed E-state index contributed by atoms with van der Waals surface area (Å²) in [6.45, 7) is 9.43. The fourth-order valence-electron chi connectivity index (χ4n) is 5.39. The molecule has 1 aliphatic heterocycles. The van der Waals surface area contributed by atoms with E-state index in [0.29, 0.717) is 0 Å². The average Bonchev–Trinajstić information content (AvgIpc) is 3.32. The van der Waals surface area contributed by atoms with E-state index in [-0.39, 0.29) is 29.8 Å². The minimum atomic E-state index is -0.0683. The molecular formula is C28H32N6O. The zero-order chi connectivity index (χ0) is 24.7. The van der Waals surface area contributed by atoms with Crippen LogP contribution in [0.25, 0.3) is 16.6 Å². The summed E-state index contributed by atoms with van der Waals surface area (Å²) >= 11 is 0. The Kier molecular flexibility index (Phi) is 5.89. The molecule has 1 amide bonds. The number of hydrogen-bond donors (Lipinski definition) is 1. The molecule has 4 aromatic rings. The Morgan fingerprint density at radius 1 is 1.11 bits per heavy atom. The van der Waals surface area contributed by atoms with Gasteiger partial charge < -0.3 is 5.32 Å². The first kappa shape index (κ1) is 23.2. The van der Waals surface area contributed by atoms with Crippen LogP contribution in [-0.4, -0.2) is 55.7 Å². The molecule has 4 heterocycles. The fourth-order valence-corrected chi connectivity index (χ4v) is 5.39. The number of amides is 1. The van der Waals surface area contributed by atoms with Crippen molar-refractivity contribution in [3.8, 4) is 5.69 Å². The van der Waals surface area contributed by atoms with Gasteiger partial charge in [0.15, 0.2) is 0 Å². The predicted molar refractivity (Wildman–Crippen MR) is 138 cm³/mol. The summed E-state index contributed by atoms with van der Waals surface area (Å²) in [6, 6.07) is 14.4. The van der Waals surface area contributed by atoms with Crippen molar-refractivity contribution >= 4 is 16.8 Å². The number of likely N-dealkylation sites (tertiary alicyclic amines) is 1. The van der Waals surface area contributed by atoms with Gasteiger partial charge in [-0.25, -0.2) is 4.68 Å². The van der Waals surface area contributed by atoms with Crippen LogP contribution in [0.1, 0.15) is 42.3 Å². The van der Waals surface area contributed by atoms with Crippen LogP contribution in [0.5, 0.6) is 0 Å². The molecule has 2 atom stereocenters. The van der Waals surface area contributed by atoms with Crippen LogP contribution < -0.4 is 5.32 Å². The summed E-state index contributed by atoms with van der Waals surface area (Å²) in [5.41, 5.74) is 5.99. The number of carbonyl (C=O) groups is 1. The van der Waals surface area contributed by atoms with Gasteiger partial charge in [0, 0.05) is 35.3 Å². The lowest BCUT2D eigenvalue weighted by molar-refractivity contribution is -0.121. The third-order valence-electron chi connectivity index (χ3n) is 7.47. The lowest BCUT2D eigenvalue weighted by Gasteiger charge is -2.35. The molecule has 1 saturated heterocycles. The summed E-state index contributed by atoms with van der Waals surface area (Å²) in [4.78, 5) is 24.3. The van der Waals surface area contributed by atoms with E-state index in [9.17, 15) is 4.79 Å². The van der Waals surface area contributed by atoms with E-state index in [0.717, 1.165) is 34.5 Å². The minimum Gasteiger partial charge on any atom is -0.351 e. The highest BCUT2D eigenvalue weighted by atomic mass is 16.1. The average molecular weight is 469 g/mol. The summed E-state index contributed by atoms with van der Waals surface area (Å²) in [7, 11) is 2.13. The zero-order valence-corrected chi connectivity index (χ0v) is 21.0. The third kappa shape index (κ3) is 4.32. The van der Waals surface area contributed by atoms with Crippen LogP contribution in [0.15, 0.2) is 61.1 Å². The molecule has 0 saturated carbocycles. The molecule has 0 unspecified atom stereocenters. The number of aryl methyl sites for hydroxylation is 2. The highest BCUT2D eigenvalue weighted by Crippen LogP contribution is 2.42. The third-order valence-corrected chi connectivity index (χ3v) is 7.47. The van der Waals surface area contributed by atoms with Gasteiger partial charge >= 0.3 is 0 Å². The van der Waals surface area contributed by atoms with Crippen LogP contribution >= 0.6 is 0 Å². The van der Waals surface area contributed by atoms with Crippen molar-refractivity contribution in [2.24, 2.45) is 0 Å². The fraction of sp³-hybridized carbons (Fsp3) is 0.357. The Labute approximate surface area is 206 Å². The summed E-state index contributed by atoms with van der Waals surface area (Å²) < 4.78 is 1.85. The van der Waals surface area contributed by atoms with Gasteiger partial charge in [-0.3, -0.25) is 19.7 Å². The van der Waals surface area contributed by atoms with Crippen LogP contribution in [0.3, 0.4) is 0 Å². The molecule has 1 aromatic carbocycles. The molecule has 1 N–H and O–H groups in total. The number of nitrogens with zero attached hydrogens (tertiary/aromatic N) is 5. The highest BCUT2D eigenvalue weighted by Gasteiger charge is 2.47. The normalized spacial score (nSPS) is 19.8. The molecule has 0 radical (unpaired) electrons. The maximum absolute atomic E-state index is 13.2. The maximum Gasteiger partial charge on any atom is 0.226 e. The second kappa shape index (κ2) is 8.89. The van der Waals surface area contributed by atoms with E-state index in [1.54, 1.807) is 12.4 Å². The first-order valence-corrected chi connectivity index (χ1v) is 12.1. The molecule has 0 bridgehead atoms. The molecule has 180 valence electrons. The van der Waals surface area contributed by atoms with Crippen molar-refractivity contribution < 1.29 is 4.79 Å². The molecule has 5 rings (SSSR count). The van der Waals surface area contributed by atoms with Gasteiger partial charge in [-0.05, 0) is 64.1 Å². The van der Waals surface area contributed by atoms with Crippen molar-refractivity contribution in [2.45, 2.75) is 51.6 Å². The first-order valence-electron chi connectivity index (χ1n) is 12.1. The largest absolute Gasteiger partial charge is 0.351 e. The van der Waals surface area contributed by atoms with Crippen molar-refractivity contribution in [2.75, 3.05) is 13.6 Å². The molecule has 7 heteroatoms. The van der Waals surface area contributed by atoms with Gasteiger partial charge in [0.25, 0.3) is 0 Å². The quantitative estimate of drug-likeness (QED) is 0.480. The van der Waals surface area contributed by atoms with Gasteiger partial charge in [0.1, 0.15) is 0 Å². The van der Waals surface area contributed by atoms with Crippen molar-refractivity contribution in [3.63, 3.8) is 0 Å². The first-order chi connectivity index (χ1) is 16.7. The van der Waals surface area contributed by atoms with E-state index < -0.39 is 0 Å². The summed E-state index contributed by atoms with van der Waals surface area (Å²) in [5.74, 6) is 0.193. The minimum absolute atomic E-state index is 0.0105. The summed E-state index contributed by atoms with van der Waals surface area (Å²) in [5, 5.41) is 8.81. The standard InChI is InChI=1S/C28H32N6O/c1-18-8-6-7-9-23(18)27-24(17-33(5)28(27,3)4)32-26(35)14-21-13-20-15-31-34(25(20)16-30-21)22-10-11-29-19(2)12-22/h6-13,15-16,24,27H,14,17H2,1-5H3,(H,32,35)/t24-,27+/m1/s1. The topological polar surface area (TPSA) is 75.9 Å². The Morgan fingerprint density at radius 2 is 1.91 bits per heavy atom. The van der Waals surface area contributed by atoms with Gasteiger partial charge in [-0.1, -0.05) is 24.3 Å². The Bertz CT molecular complexity index is 1390. The Morgan fingerprint density at radius 3 is 2.69 bits per heavy atom. The number of hydrogen-bond acceptors (Lipinski definition) is 5. The van der Waals surface area contributed by atoms with Crippen molar-refractivity contribution in [1.29, 1.82) is 0 Å². The SMILES string of the molecule is Cc1cc(-n2ncc3cc(CC(=O)N[C@@H]4CN(C)C(C)(C)[C@H]4c4ccccc4C)ncc32)ccn1. The number of likely N-dealkylation sites (N-methyl/N-ethyl adjacent to an activating group) is 1. The van der Waals surface area contributed by atoms with Gasteiger partial charge in [0.2, 0.25) is 5.91 Å². The van der Waals surface area contributed by atoms with E-state index in [1.807, 2.05) is 36.0 Å². The molecule has 1 fully saturated rings. The molecule has 0 aliphatic carbocycles. The summed E-state index contributed by atoms with van der Waals surface area (Å²) in [6.07, 6.45) is 5.62. The smallest absolute Gasteiger partial charge is 0.226 e. The molecule has 0 spiro atoms. The number of benzene rings is 1. The second-order valence-electron chi connectivity index (χ2n) is 10.2. The lowest BCUT2D eigenvalue weighted by atomic mass is 9.78. The van der Waals surface area contributed by atoms with E-state index >= 15 is 0 Å². The second-order valence-corrected chi connectivity index (χ2v) is 10.2. The molecule has 7 nitrogen and oxygen atoms in total. The van der Waals surface area contributed by atoms with Crippen LogP contribution in [0.2, 0.25) is 0 Å². The van der Waals surface area contributed by atoms with Crippen molar-refractivity contribution in [1.82, 2.24) is 30.0 Å². The molecular weight excluding hydrogens is 436 g/mol. The van der Waals surface area contributed by atoms with E-state index in [1.165, 1.54) is 11.1 Å². The maximum atomic E-state index is 13.2. The lowest BCUT2D eigenvalue weighted by Crippen LogP contribution is -2.43. The number of carbonyl (C=O) groups excluding carboxylic acids is 1. The Balaban J connectivity index is 1.35. The van der Waals surface area contributed by atoms with Crippen molar-refractivity contribution in [3.05, 3.63) is 83.6 Å². The van der Waals surface area contributed by atoms with Crippen LogP contribution in [0, 0.1) is 13.8 Å². The molecule has 35 heavy (non-hydrogen) atoms. The van der Waals surface area contributed by atoms with E-state index in [2.05, 4.69) is 77.4 Å². The number of rotatable bonds is 5. The van der Waals surface area contributed by atoms with Gasteiger partial charge in [-0.2, -0.15) is 5.10 Å². The zero-order valence-electron chi connectivity index (χ0n) is 21.0. The number of nitrogens with one attached hydrogen (secondary N) is 1. The Hall–Kier alpha value is -3.58. The molecule has 1 aliphatic rings. The number of aromatic nitrogens is 4. The number of fused-ring (bicyclic) bond motifs is 1. The van der Waals surface area contributed by atoms with E-state index in [4.69, 9.17) is 0 Å². The monoisotopic (exact) mass is 468 g/mol. The van der Waals surface area contributed by atoms with Gasteiger partial charge in [0.05, 0.1) is 41.8 Å². The highest BCUT2D eigenvalue weighted by molar-refractivity contribution is 5.83. The van der Waals surface area contributed by atoms with Gasteiger partial charge in [-0.15, -0.1) is 0 Å². The van der Waals surface area contributed by atoms with Crippen LogP contribution in [0.4, 0.5) is 0 Å². The predicted octanol–water partition coefficient (Wildman–Crippen LogP) is 3.97.